The minimum atomic E-state index is -3.84. The molecular weight excluding hydrogens is 348 g/mol. The number of aromatic nitrogens is 1. The van der Waals surface area contributed by atoms with Gasteiger partial charge in [-0.05, 0) is 44.1 Å². The summed E-state index contributed by atoms with van der Waals surface area (Å²) >= 11 is 0. The highest BCUT2D eigenvalue weighted by Gasteiger charge is 2.34. The summed E-state index contributed by atoms with van der Waals surface area (Å²) in [4.78, 5) is 10.9. The molecule has 134 valence electrons. The van der Waals surface area contributed by atoms with E-state index in [0.717, 1.165) is 0 Å². The minimum absolute atomic E-state index is 0.0118. The number of furan rings is 1. The molecule has 1 aliphatic heterocycles. The zero-order valence-electron chi connectivity index (χ0n) is 13.5. The number of aryl methyl sites for hydroxylation is 1. The largest absolute Gasteiger partial charge is 0.550 e. The van der Waals surface area contributed by atoms with Gasteiger partial charge in [-0.15, -0.1) is 0 Å². The van der Waals surface area contributed by atoms with Crippen LogP contribution in [0.3, 0.4) is 0 Å². The first-order chi connectivity index (χ1) is 11.9. The number of aliphatic carboxylic acids is 1. The van der Waals surface area contributed by atoms with Crippen molar-refractivity contribution >= 4 is 28.1 Å². The van der Waals surface area contributed by atoms with E-state index < -0.39 is 21.9 Å². The number of hydrogen-bond donors (Lipinski definition) is 0. The molecule has 0 aliphatic carbocycles. The number of carbonyl (C=O) groups is 1. The molecule has 8 nitrogen and oxygen atoms in total. The van der Waals surface area contributed by atoms with E-state index in [-0.39, 0.29) is 42.3 Å². The Kier molecular flexibility index (Phi) is 4.78. The van der Waals surface area contributed by atoms with E-state index in [1.165, 1.54) is 16.6 Å². The quantitative estimate of drug-likeness (QED) is 0.772. The number of hydrogen-bond acceptors (Lipinski definition) is 7. The van der Waals surface area contributed by atoms with Crippen LogP contribution >= 0.6 is 0 Å². The van der Waals surface area contributed by atoms with Crippen LogP contribution in [0.1, 0.15) is 30.1 Å². The van der Waals surface area contributed by atoms with Crippen molar-refractivity contribution in [1.29, 1.82) is 0 Å². The summed E-state index contributed by atoms with van der Waals surface area (Å²) in [6, 6.07) is 3.43. The normalized spacial score (nSPS) is 17.3. The van der Waals surface area contributed by atoms with Crippen molar-refractivity contribution in [3.8, 4) is 0 Å². The molecule has 1 aliphatic rings. The molecule has 0 aromatic carbocycles. The first-order valence-electron chi connectivity index (χ1n) is 7.78. The Labute approximate surface area is 144 Å². The van der Waals surface area contributed by atoms with Gasteiger partial charge in [0.1, 0.15) is 11.5 Å². The molecule has 0 bridgehead atoms. The third kappa shape index (κ3) is 3.52. The maximum atomic E-state index is 12.9. The summed E-state index contributed by atoms with van der Waals surface area (Å²) in [6.07, 6.45) is 5.03. The van der Waals surface area contributed by atoms with Crippen molar-refractivity contribution in [2.24, 2.45) is 5.92 Å². The van der Waals surface area contributed by atoms with E-state index in [9.17, 15) is 18.3 Å². The number of nitrogens with zero attached hydrogens (tertiary/aromatic N) is 2. The zero-order chi connectivity index (χ0) is 18.0. The number of sulfonamides is 1. The lowest BCUT2D eigenvalue weighted by Gasteiger charge is -2.31. The highest BCUT2D eigenvalue weighted by molar-refractivity contribution is 7.89. The fourth-order valence-corrected chi connectivity index (χ4v) is 4.52. The smallest absolute Gasteiger partial charge is 0.248 e. The zero-order valence-corrected chi connectivity index (χ0v) is 14.4. The monoisotopic (exact) mass is 365 g/mol. The first kappa shape index (κ1) is 17.4. The number of piperidine rings is 1. The van der Waals surface area contributed by atoms with Crippen LogP contribution < -0.4 is 5.11 Å². The summed E-state index contributed by atoms with van der Waals surface area (Å²) in [5.74, 6) is -1.10. The van der Waals surface area contributed by atoms with Crippen LogP contribution in [-0.2, 0) is 14.8 Å². The Balaban J connectivity index is 1.85. The molecule has 0 radical (unpaired) electrons. The molecule has 0 amide bonds. The van der Waals surface area contributed by atoms with Crippen LogP contribution in [0.25, 0.3) is 12.2 Å². The Morgan fingerprint density at radius 3 is 2.68 bits per heavy atom. The van der Waals surface area contributed by atoms with Crippen LogP contribution in [0.4, 0.5) is 0 Å². The van der Waals surface area contributed by atoms with Gasteiger partial charge >= 0.3 is 0 Å². The predicted molar refractivity (Wildman–Crippen MR) is 85.4 cm³/mol. The van der Waals surface area contributed by atoms with Gasteiger partial charge in [-0.2, -0.15) is 4.31 Å². The van der Waals surface area contributed by atoms with Crippen LogP contribution in [0.2, 0.25) is 0 Å². The lowest BCUT2D eigenvalue weighted by molar-refractivity contribution is -0.312. The maximum Gasteiger partial charge on any atom is 0.248 e. The van der Waals surface area contributed by atoms with E-state index in [1.54, 1.807) is 25.1 Å². The molecule has 2 aromatic heterocycles. The summed E-state index contributed by atoms with van der Waals surface area (Å²) in [5, 5.41) is 14.7. The van der Waals surface area contributed by atoms with Crippen molar-refractivity contribution in [2.75, 3.05) is 13.1 Å². The van der Waals surface area contributed by atoms with Crippen molar-refractivity contribution in [3.05, 3.63) is 35.6 Å². The molecule has 0 spiro atoms. The van der Waals surface area contributed by atoms with E-state index in [0.29, 0.717) is 5.76 Å². The van der Waals surface area contributed by atoms with Crippen molar-refractivity contribution in [2.45, 2.75) is 24.7 Å². The highest BCUT2D eigenvalue weighted by Crippen LogP contribution is 2.29. The van der Waals surface area contributed by atoms with Gasteiger partial charge in [0.2, 0.25) is 10.0 Å². The van der Waals surface area contributed by atoms with Gasteiger partial charge in [-0.1, -0.05) is 5.16 Å². The van der Waals surface area contributed by atoms with Crippen molar-refractivity contribution < 1.29 is 27.3 Å². The van der Waals surface area contributed by atoms with Gasteiger partial charge in [0.05, 0.1) is 6.26 Å². The van der Waals surface area contributed by atoms with Gasteiger partial charge in [-0.3, -0.25) is 0 Å². The van der Waals surface area contributed by atoms with E-state index >= 15 is 0 Å². The maximum absolute atomic E-state index is 12.9. The molecule has 25 heavy (non-hydrogen) atoms. The third-order valence-electron chi connectivity index (χ3n) is 4.16. The minimum Gasteiger partial charge on any atom is -0.550 e. The second-order valence-electron chi connectivity index (χ2n) is 5.81. The summed E-state index contributed by atoms with van der Waals surface area (Å²) in [5.41, 5.74) is 0.251. The lowest BCUT2D eigenvalue weighted by atomic mass is 9.99. The molecule has 3 heterocycles. The molecule has 0 unspecified atom stereocenters. The Bertz CT molecular complexity index is 874. The third-order valence-corrected chi connectivity index (χ3v) is 6.22. The number of carbonyl (C=O) groups excluding carboxylic acids is 1. The fraction of sp³-hybridized carbons (Fsp3) is 0.375. The van der Waals surface area contributed by atoms with Gasteiger partial charge in [-0.25, -0.2) is 8.42 Å². The average Bonchev–Trinajstić information content (AvgIpc) is 3.22. The van der Waals surface area contributed by atoms with E-state index in [1.807, 2.05) is 0 Å². The molecule has 0 N–H and O–H groups in total. The van der Waals surface area contributed by atoms with Crippen LogP contribution in [0, 0.1) is 12.8 Å². The van der Waals surface area contributed by atoms with Crippen molar-refractivity contribution in [3.63, 3.8) is 0 Å². The molecule has 1 fully saturated rings. The fourth-order valence-electron chi connectivity index (χ4n) is 2.80. The van der Waals surface area contributed by atoms with E-state index in [2.05, 4.69) is 5.16 Å². The molecule has 0 saturated carbocycles. The molecule has 0 atom stereocenters. The Morgan fingerprint density at radius 1 is 1.36 bits per heavy atom. The van der Waals surface area contributed by atoms with Crippen molar-refractivity contribution in [1.82, 2.24) is 9.46 Å². The molecular formula is C16H17N2O6S-. The van der Waals surface area contributed by atoms with Crippen LogP contribution in [0.15, 0.2) is 32.2 Å². The SMILES string of the molecule is Cc1noc(C=Cc2ccco2)c1S(=O)(=O)N1CCC(C(=O)[O-])CC1. The van der Waals surface area contributed by atoms with Gasteiger partial charge in [0, 0.05) is 25.0 Å². The number of carboxylic acid groups (broad SMARTS) is 1. The van der Waals surface area contributed by atoms with Crippen LogP contribution in [-0.4, -0.2) is 36.9 Å². The summed E-state index contributed by atoms with van der Waals surface area (Å²) < 4.78 is 37.4. The predicted octanol–water partition coefficient (Wildman–Crippen LogP) is 0.897. The standard InChI is InChI=1S/C16H18N2O6S/c1-11-15(14(24-17-11)5-4-13-3-2-10-23-13)25(21,22)18-8-6-12(7-9-18)16(19)20/h2-5,10,12H,6-9H2,1H3,(H,19,20)/p-1. The summed E-state index contributed by atoms with van der Waals surface area (Å²) in [7, 11) is -3.84. The van der Waals surface area contributed by atoms with Gasteiger partial charge in [0.15, 0.2) is 10.7 Å². The van der Waals surface area contributed by atoms with Crippen LogP contribution in [0.5, 0.6) is 0 Å². The highest BCUT2D eigenvalue weighted by atomic mass is 32.2. The first-order valence-corrected chi connectivity index (χ1v) is 9.22. The Hall–Kier alpha value is -2.39. The van der Waals surface area contributed by atoms with Gasteiger partial charge < -0.3 is 18.8 Å². The number of rotatable bonds is 5. The van der Waals surface area contributed by atoms with E-state index in [4.69, 9.17) is 8.94 Å². The average molecular weight is 365 g/mol. The second-order valence-corrected chi connectivity index (χ2v) is 7.68. The Morgan fingerprint density at radius 2 is 2.08 bits per heavy atom. The number of carboxylic acids is 1. The van der Waals surface area contributed by atoms with Gasteiger partial charge in [0.25, 0.3) is 0 Å². The molecule has 9 heteroatoms. The summed E-state index contributed by atoms with van der Waals surface area (Å²) in [6.45, 7) is 1.79. The topological polar surface area (TPSA) is 117 Å². The second kappa shape index (κ2) is 6.85. The molecule has 2 aromatic rings. The lowest BCUT2D eigenvalue weighted by Crippen LogP contribution is -2.43. The molecule has 1 saturated heterocycles. The molecule has 3 rings (SSSR count).